The Morgan fingerprint density at radius 1 is 1.12 bits per heavy atom. The Bertz CT molecular complexity index is 1160. The molecule has 5 rings (SSSR count). The highest BCUT2D eigenvalue weighted by atomic mass is 32.2. The van der Waals surface area contributed by atoms with Gasteiger partial charge < -0.3 is 19.9 Å². The van der Waals surface area contributed by atoms with Crippen LogP contribution in [0.3, 0.4) is 0 Å². The number of hydrogen-bond acceptors (Lipinski definition) is 7. The van der Waals surface area contributed by atoms with E-state index in [4.69, 9.17) is 4.74 Å². The summed E-state index contributed by atoms with van der Waals surface area (Å²) in [5.74, 6) is 1.09. The van der Waals surface area contributed by atoms with Crippen LogP contribution in [0.5, 0.6) is 0 Å². The van der Waals surface area contributed by atoms with E-state index >= 15 is 0 Å². The molecule has 1 aromatic heterocycles. The Hall–Kier alpha value is -2.98. The molecule has 1 atom stereocenters. The van der Waals surface area contributed by atoms with Gasteiger partial charge in [0.25, 0.3) is 10.0 Å². The topological polar surface area (TPSA) is 104 Å². The molecule has 1 N–H and O–H groups in total. The van der Waals surface area contributed by atoms with Gasteiger partial charge in [0.05, 0.1) is 13.2 Å². The number of nitrogens with zero attached hydrogens (tertiary/aromatic N) is 4. The van der Waals surface area contributed by atoms with Crippen LogP contribution >= 0.6 is 0 Å². The summed E-state index contributed by atoms with van der Waals surface area (Å²) in [5.41, 5.74) is 1.51. The molecule has 2 saturated heterocycles. The third-order valence-corrected chi connectivity index (χ3v) is 7.40. The Balaban J connectivity index is 1.32. The van der Waals surface area contributed by atoms with Crippen LogP contribution in [0.4, 0.5) is 5.82 Å². The van der Waals surface area contributed by atoms with Gasteiger partial charge in [0.2, 0.25) is 5.91 Å². The smallest absolute Gasteiger partial charge is 0.285 e. The summed E-state index contributed by atoms with van der Waals surface area (Å²) >= 11 is 0. The lowest BCUT2D eigenvalue weighted by atomic mass is 10.1. The van der Waals surface area contributed by atoms with Gasteiger partial charge in [-0.05, 0) is 31.0 Å². The number of amides is 1. The number of carbonyl (C=O) groups excluding carboxylic acids is 1. The molecule has 2 fully saturated rings. The SMILES string of the molecule is O=C(NCc1cccnc1N1CCOCC1)[C@@H]1CCCN1C1=NS(=O)(=O)c2ccccc21. The van der Waals surface area contributed by atoms with E-state index in [1.54, 1.807) is 30.5 Å². The number of nitrogens with one attached hydrogen (secondary N) is 1. The number of benzene rings is 1. The van der Waals surface area contributed by atoms with Crippen LogP contribution in [0.1, 0.15) is 24.0 Å². The van der Waals surface area contributed by atoms with Gasteiger partial charge in [-0.2, -0.15) is 8.42 Å². The first kappa shape index (κ1) is 20.9. The van der Waals surface area contributed by atoms with Gasteiger partial charge in [-0.15, -0.1) is 4.40 Å². The van der Waals surface area contributed by atoms with E-state index in [1.807, 2.05) is 17.0 Å². The van der Waals surface area contributed by atoms with E-state index in [2.05, 4.69) is 19.6 Å². The zero-order valence-corrected chi connectivity index (χ0v) is 18.4. The number of sulfonamides is 1. The molecule has 0 aliphatic carbocycles. The molecule has 0 bridgehead atoms. The van der Waals surface area contributed by atoms with Crippen molar-refractivity contribution in [3.63, 3.8) is 0 Å². The van der Waals surface area contributed by atoms with Gasteiger partial charge in [-0.25, -0.2) is 4.98 Å². The first-order chi connectivity index (χ1) is 15.5. The second kappa shape index (κ2) is 8.51. The van der Waals surface area contributed by atoms with E-state index in [1.165, 1.54) is 0 Å². The van der Waals surface area contributed by atoms with E-state index in [9.17, 15) is 13.2 Å². The number of hydrogen-bond donors (Lipinski definition) is 1. The van der Waals surface area contributed by atoms with Crippen molar-refractivity contribution < 1.29 is 17.9 Å². The van der Waals surface area contributed by atoms with Crippen LogP contribution in [0.25, 0.3) is 0 Å². The van der Waals surface area contributed by atoms with E-state index in [0.717, 1.165) is 30.9 Å². The highest BCUT2D eigenvalue weighted by molar-refractivity contribution is 7.90. The molecule has 4 heterocycles. The molecule has 0 spiro atoms. The predicted molar refractivity (Wildman–Crippen MR) is 119 cm³/mol. The fourth-order valence-corrected chi connectivity index (χ4v) is 5.73. The van der Waals surface area contributed by atoms with E-state index in [-0.39, 0.29) is 10.8 Å². The third kappa shape index (κ3) is 3.84. The van der Waals surface area contributed by atoms with Crippen LogP contribution in [-0.2, 0) is 26.1 Å². The molecule has 3 aliphatic rings. The molecular weight excluding hydrogens is 430 g/mol. The standard InChI is InChI=1S/C22H25N5O4S/c28-22(24-15-16-5-3-9-23-20(16)26-11-13-31-14-12-26)18-7-4-10-27(18)21-17-6-1-2-8-19(17)32(29,30)25-21/h1-3,5-6,8-9,18H,4,7,10-15H2,(H,24,28)/t18-/m0/s1. The molecule has 1 aromatic carbocycles. The number of fused-ring (bicyclic) bond motifs is 1. The molecule has 0 radical (unpaired) electrons. The fourth-order valence-electron chi connectivity index (χ4n) is 4.52. The summed E-state index contributed by atoms with van der Waals surface area (Å²) in [6.45, 7) is 3.79. The monoisotopic (exact) mass is 455 g/mol. The van der Waals surface area contributed by atoms with Crippen molar-refractivity contribution in [3.05, 3.63) is 53.7 Å². The summed E-state index contributed by atoms with van der Waals surface area (Å²) in [4.78, 5) is 21.8. The summed E-state index contributed by atoms with van der Waals surface area (Å²) in [6.07, 6.45) is 3.20. The minimum Gasteiger partial charge on any atom is -0.378 e. The van der Waals surface area contributed by atoms with Crippen LogP contribution in [0.15, 0.2) is 51.9 Å². The largest absolute Gasteiger partial charge is 0.378 e. The first-order valence-corrected chi connectivity index (χ1v) is 12.2. The number of amidine groups is 1. The van der Waals surface area contributed by atoms with Crippen molar-refractivity contribution in [1.82, 2.24) is 15.2 Å². The summed E-state index contributed by atoms with van der Waals surface area (Å²) in [6, 6.07) is 10.1. The van der Waals surface area contributed by atoms with Crippen molar-refractivity contribution in [3.8, 4) is 0 Å². The van der Waals surface area contributed by atoms with Crippen LogP contribution in [0, 0.1) is 0 Å². The molecule has 2 aromatic rings. The van der Waals surface area contributed by atoms with Gasteiger partial charge in [0.1, 0.15) is 16.8 Å². The Morgan fingerprint density at radius 3 is 2.78 bits per heavy atom. The third-order valence-electron chi connectivity index (χ3n) is 6.07. The van der Waals surface area contributed by atoms with Crippen molar-refractivity contribution in [2.75, 3.05) is 37.7 Å². The lowest BCUT2D eigenvalue weighted by Crippen LogP contribution is -2.46. The lowest BCUT2D eigenvalue weighted by molar-refractivity contribution is -0.124. The number of pyridine rings is 1. The second-order valence-corrected chi connectivity index (χ2v) is 9.61. The molecule has 32 heavy (non-hydrogen) atoms. The molecule has 0 saturated carbocycles. The van der Waals surface area contributed by atoms with Gasteiger partial charge in [0.15, 0.2) is 5.84 Å². The van der Waals surface area contributed by atoms with Gasteiger partial charge in [-0.1, -0.05) is 18.2 Å². The predicted octanol–water partition coefficient (Wildman–Crippen LogP) is 1.15. The number of carbonyl (C=O) groups is 1. The molecular formula is C22H25N5O4S. The Kier molecular flexibility index (Phi) is 5.56. The molecule has 168 valence electrons. The van der Waals surface area contributed by atoms with Crippen LogP contribution in [-0.4, -0.2) is 68.9 Å². The number of morpholine rings is 1. The Morgan fingerprint density at radius 2 is 1.94 bits per heavy atom. The second-order valence-electron chi connectivity index (χ2n) is 8.04. The number of ether oxygens (including phenoxy) is 1. The van der Waals surface area contributed by atoms with Crippen molar-refractivity contribution >= 4 is 27.6 Å². The molecule has 3 aliphatic heterocycles. The van der Waals surface area contributed by atoms with Crippen molar-refractivity contribution in [1.29, 1.82) is 0 Å². The molecule has 0 unspecified atom stereocenters. The maximum atomic E-state index is 13.1. The van der Waals surface area contributed by atoms with E-state index in [0.29, 0.717) is 44.1 Å². The summed E-state index contributed by atoms with van der Waals surface area (Å²) < 4.78 is 34.4. The maximum Gasteiger partial charge on any atom is 0.285 e. The highest BCUT2D eigenvalue weighted by Gasteiger charge is 2.39. The zero-order chi connectivity index (χ0) is 22.1. The fraction of sp³-hybridized carbons (Fsp3) is 0.409. The quantitative estimate of drug-likeness (QED) is 0.737. The minimum atomic E-state index is -3.72. The number of rotatable bonds is 4. The summed E-state index contributed by atoms with van der Waals surface area (Å²) in [5, 5.41) is 3.04. The minimum absolute atomic E-state index is 0.135. The maximum absolute atomic E-state index is 13.1. The highest BCUT2D eigenvalue weighted by Crippen LogP contribution is 2.31. The van der Waals surface area contributed by atoms with Crippen molar-refractivity contribution in [2.24, 2.45) is 4.40 Å². The molecule has 1 amide bonds. The first-order valence-electron chi connectivity index (χ1n) is 10.8. The zero-order valence-electron chi connectivity index (χ0n) is 17.6. The average Bonchev–Trinajstić information content (AvgIpc) is 3.41. The number of likely N-dealkylation sites (tertiary alicyclic amines) is 1. The van der Waals surface area contributed by atoms with E-state index < -0.39 is 16.1 Å². The molecule has 10 heteroatoms. The normalized spacial score (nSPS) is 21.9. The molecule has 9 nitrogen and oxygen atoms in total. The average molecular weight is 456 g/mol. The van der Waals surface area contributed by atoms with Crippen LogP contribution in [0.2, 0.25) is 0 Å². The van der Waals surface area contributed by atoms with Gasteiger partial charge >= 0.3 is 0 Å². The summed E-state index contributed by atoms with van der Waals surface area (Å²) in [7, 11) is -3.72. The van der Waals surface area contributed by atoms with Gasteiger partial charge in [-0.3, -0.25) is 4.79 Å². The lowest BCUT2D eigenvalue weighted by Gasteiger charge is -2.30. The van der Waals surface area contributed by atoms with Crippen LogP contribution < -0.4 is 10.2 Å². The number of anilines is 1. The van der Waals surface area contributed by atoms with Gasteiger partial charge in [0, 0.05) is 43.5 Å². The number of aromatic nitrogens is 1. The Labute approximate surface area is 187 Å². The van der Waals surface area contributed by atoms with Crippen molar-refractivity contribution in [2.45, 2.75) is 30.3 Å².